The Bertz CT molecular complexity index is 177. The number of rotatable bonds is 2. The Morgan fingerprint density at radius 3 is 3.00 bits per heavy atom. The first-order chi connectivity index (χ1) is 6.25. The minimum atomic E-state index is -0.547. The molecule has 1 aliphatic heterocycles. The number of carbonyl (C=O) groups is 1. The van der Waals surface area contributed by atoms with E-state index in [1.807, 2.05) is 0 Å². The summed E-state index contributed by atoms with van der Waals surface area (Å²) in [5.41, 5.74) is 0. The summed E-state index contributed by atoms with van der Waals surface area (Å²) in [6.07, 6.45) is 1.04. The van der Waals surface area contributed by atoms with Crippen LogP contribution in [0.4, 0.5) is 0 Å². The van der Waals surface area contributed by atoms with E-state index in [2.05, 4.69) is 5.32 Å². The minimum Gasteiger partial charge on any atom is -0.466 e. The van der Waals surface area contributed by atoms with Crippen molar-refractivity contribution in [1.82, 2.24) is 5.32 Å². The molecule has 0 aromatic rings. The lowest BCUT2D eigenvalue weighted by atomic mass is 10.0. The summed E-state index contributed by atoms with van der Waals surface area (Å²) < 4.78 is 4.87. The first kappa shape index (κ1) is 13.7. The fraction of sp³-hybridized carbons (Fsp3) is 0.889. The predicted octanol–water partition coefficient (Wildman–Crippen LogP) is 0.332. The Balaban J connectivity index is 0.00000169. The van der Waals surface area contributed by atoms with E-state index in [4.69, 9.17) is 4.74 Å². The lowest BCUT2D eigenvalue weighted by Gasteiger charge is -2.17. The number of hydrogen-bond donors (Lipinski definition) is 2. The van der Waals surface area contributed by atoms with Gasteiger partial charge >= 0.3 is 5.97 Å². The highest BCUT2D eigenvalue weighted by Crippen LogP contribution is 2.13. The third-order valence-electron chi connectivity index (χ3n) is 2.27. The van der Waals surface area contributed by atoms with Crippen molar-refractivity contribution < 1.29 is 14.6 Å². The van der Waals surface area contributed by atoms with Crippen LogP contribution in [0.1, 0.15) is 19.8 Å². The van der Waals surface area contributed by atoms with Crippen LogP contribution in [-0.4, -0.2) is 36.9 Å². The number of aliphatic hydroxyl groups excluding tert-OH is 1. The van der Waals surface area contributed by atoms with E-state index in [0.717, 1.165) is 13.0 Å². The maximum Gasteiger partial charge on any atom is 0.312 e. The zero-order valence-electron chi connectivity index (χ0n) is 8.36. The smallest absolute Gasteiger partial charge is 0.312 e. The molecule has 1 saturated heterocycles. The van der Waals surface area contributed by atoms with Crippen molar-refractivity contribution >= 4 is 18.4 Å². The van der Waals surface area contributed by atoms with Gasteiger partial charge in [-0.15, -0.1) is 12.4 Å². The Morgan fingerprint density at radius 1 is 1.64 bits per heavy atom. The van der Waals surface area contributed by atoms with Crippen molar-refractivity contribution in [2.24, 2.45) is 5.92 Å². The first-order valence-electron chi connectivity index (χ1n) is 4.81. The molecule has 4 nitrogen and oxygen atoms in total. The molecule has 2 N–H and O–H groups in total. The highest BCUT2D eigenvalue weighted by atomic mass is 35.5. The monoisotopic (exact) mass is 223 g/mol. The number of ether oxygens (including phenoxy) is 1. The normalized spacial score (nSPS) is 27.3. The molecule has 0 saturated carbocycles. The highest BCUT2D eigenvalue weighted by molar-refractivity contribution is 5.85. The van der Waals surface area contributed by atoms with E-state index in [-0.39, 0.29) is 24.3 Å². The van der Waals surface area contributed by atoms with E-state index in [9.17, 15) is 9.90 Å². The van der Waals surface area contributed by atoms with Gasteiger partial charge in [-0.2, -0.15) is 0 Å². The largest absolute Gasteiger partial charge is 0.466 e. The summed E-state index contributed by atoms with van der Waals surface area (Å²) in [5.74, 6) is -0.674. The van der Waals surface area contributed by atoms with Crippen molar-refractivity contribution in [2.45, 2.75) is 25.9 Å². The van der Waals surface area contributed by atoms with Gasteiger partial charge in [-0.1, -0.05) is 0 Å². The lowest BCUT2D eigenvalue weighted by Crippen LogP contribution is -2.35. The molecule has 14 heavy (non-hydrogen) atoms. The van der Waals surface area contributed by atoms with Gasteiger partial charge in [-0.3, -0.25) is 4.79 Å². The summed E-state index contributed by atoms with van der Waals surface area (Å²) in [6, 6.07) is 0. The molecule has 0 spiro atoms. The van der Waals surface area contributed by atoms with Crippen LogP contribution in [0.5, 0.6) is 0 Å². The zero-order chi connectivity index (χ0) is 9.68. The van der Waals surface area contributed by atoms with Crippen LogP contribution in [0.15, 0.2) is 0 Å². The Labute approximate surface area is 90.4 Å². The van der Waals surface area contributed by atoms with E-state index in [1.165, 1.54) is 0 Å². The number of halogens is 1. The van der Waals surface area contributed by atoms with Gasteiger partial charge in [0.25, 0.3) is 0 Å². The number of hydrogen-bond acceptors (Lipinski definition) is 4. The van der Waals surface area contributed by atoms with Crippen LogP contribution >= 0.6 is 12.4 Å². The van der Waals surface area contributed by atoms with Gasteiger partial charge in [-0.05, 0) is 26.3 Å². The van der Waals surface area contributed by atoms with E-state index in [1.54, 1.807) is 6.92 Å². The Hall–Kier alpha value is -0.320. The molecule has 0 bridgehead atoms. The van der Waals surface area contributed by atoms with Gasteiger partial charge in [0.15, 0.2) is 0 Å². The molecule has 2 atom stereocenters. The number of nitrogens with one attached hydrogen (secondary N) is 1. The number of esters is 1. The summed E-state index contributed by atoms with van der Waals surface area (Å²) in [6.45, 7) is 3.55. The third kappa shape index (κ3) is 3.82. The fourth-order valence-electron chi connectivity index (χ4n) is 1.52. The van der Waals surface area contributed by atoms with Gasteiger partial charge in [0.1, 0.15) is 0 Å². The van der Waals surface area contributed by atoms with E-state index < -0.39 is 6.10 Å². The standard InChI is InChI=1S/C9H17NO3.ClH/c1-2-13-9(12)7-6-10-5-3-4-8(7)11;/h7-8,10-11H,2-6H2,1H3;1H/t7-,8-;/m1./s1. The molecule has 0 radical (unpaired) electrons. The maximum absolute atomic E-state index is 11.3. The molecule has 1 heterocycles. The average molecular weight is 224 g/mol. The number of carbonyl (C=O) groups excluding carboxylic acids is 1. The van der Waals surface area contributed by atoms with Crippen LogP contribution in [-0.2, 0) is 9.53 Å². The third-order valence-corrected chi connectivity index (χ3v) is 2.27. The lowest BCUT2D eigenvalue weighted by molar-refractivity contribution is -0.151. The molecule has 1 rings (SSSR count). The summed E-state index contributed by atoms with van der Waals surface area (Å²) in [4.78, 5) is 11.3. The molecule has 0 amide bonds. The quantitative estimate of drug-likeness (QED) is 0.663. The summed E-state index contributed by atoms with van der Waals surface area (Å²) in [7, 11) is 0. The SMILES string of the molecule is CCOC(=O)[C@@H]1CNCCC[C@H]1O.Cl. The van der Waals surface area contributed by atoms with Crippen LogP contribution in [0, 0.1) is 5.92 Å². The summed E-state index contributed by atoms with van der Waals surface area (Å²) >= 11 is 0. The number of aliphatic hydroxyl groups is 1. The molecule has 5 heteroatoms. The predicted molar refractivity (Wildman–Crippen MR) is 55.5 cm³/mol. The van der Waals surface area contributed by atoms with Crippen LogP contribution in [0.3, 0.4) is 0 Å². The van der Waals surface area contributed by atoms with Crippen molar-refractivity contribution in [2.75, 3.05) is 19.7 Å². The van der Waals surface area contributed by atoms with Gasteiger partial charge in [-0.25, -0.2) is 0 Å². The van der Waals surface area contributed by atoms with E-state index in [0.29, 0.717) is 19.6 Å². The molecule has 0 unspecified atom stereocenters. The summed E-state index contributed by atoms with van der Waals surface area (Å²) in [5, 5.41) is 12.7. The van der Waals surface area contributed by atoms with Gasteiger partial charge in [0, 0.05) is 6.54 Å². The van der Waals surface area contributed by atoms with Gasteiger partial charge in [0.2, 0.25) is 0 Å². The van der Waals surface area contributed by atoms with Gasteiger partial charge < -0.3 is 15.2 Å². The first-order valence-corrected chi connectivity index (χ1v) is 4.81. The van der Waals surface area contributed by atoms with Crippen molar-refractivity contribution in [3.05, 3.63) is 0 Å². The molecule has 84 valence electrons. The van der Waals surface area contributed by atoms with Gasteiger partial charge in [0.05, 0.1) is 18.6 Å². The average Bonchev–Trinajstić information content (AvgIpc) is 2.30. The molecular formula is C9H18ClNO3. The topological polar surface area (TPSA) is 58.6 Å². The van der Waals surface area contributed by atoms with Crippen molar-refractivity contribution in [3.63, 3.8) is 0 Å². The zero-order valence-corrected chi connectivity index (χ0v) is 9.18. The van der Waals surface area contributed by atoms with Crippen LogP contribution in [0.25, 0.3) is 0 Å². The van der Waals surface area contributed by atoms with Crippen molar-refractivity contribution in [1.29, 1.82) is 0 Å². The fourth-order valence-corrected chi connectivity index (χ4v) is 1.52. The second kappa shape index (κ2) is 7.04. The highest BCUT2D eigenvalue weighted by Gasteiger charge is 2.28. The van der Waals surface area contributed by atoms with Crippen LogP contribution < -0.4 is 5.32 Å². The molecule has 0 aromatic carbocycles. The second-order valence-electron chi connectivity index (χ2n) is 3.27. The Morgan fingerprint density at radius 2 is 2.36 bits per heavy atom. The maximum atomic E-state index is 11.3. The molecule has 1 aliphatic rings. The van der Waals surface area contributed by atoms with E-state index >= 15 is 0 Å². The molecule has 0 aliphatic carbocycles. The molecule has 1 fully saturated rings. The van der Waals surface area contributed by atoms with Crippen LogP contribution in [0.2, 0.25) is 0 Å². The van der Waals surface area contributed by atoms with Crippen molar-refractivity contribution in [3.8, 4) is 0 Å². The minimum absolute atomic E-state index is 0. The molecule has 0 aromatic heterocycles. The Kier molecular flexibility index (Phi) is 6.87. The molecular weight excluding hydrogens is 206 g/mol. The second-order valence-corrected chi connectivity index (χ2v) is 3.27.